The van der Waals surface area contributed by atoms with Gasteiger partial charge in [-0.2, -0.15) is 11.8 Å². The van der Waals surface area contributed by atoms with Crippen molar-refractivity contribution in [2.45, 2.75) is 95.2 Å². The molecule has 2 rings (SSSR count). The maximum absolute atomic E-state index is 11.8. The molecule has 1 saturated carbocycles. The molecule has 0 bridgehead atoms. The third-order valence-corrected chi connectivity index (χ3v) is 5.88. The van der Waals surface area contributed by atoms with Crippen LogP contribution in [0, 0.1) is 0 Å². The average molecular weight is 329 g/mol. The predicted molar refractivity (Wildman–Crippen MR) is 93.5 cm³/mol. The van der Waals surface area contributed by atoms with Gasteiger partial charge < -0.3 is 15.4 Å². The van der Waals surface area contributed by atoms with Crippen molar-refractivity contribution in [3.63, 3.8) is 0 Å². The molecule has 1 aliphatic carbocycles. The molecule has 2 aliphatic rings. The SMILES string of the molecule is CC1SCCCC1NC1CCC(NC(=O)OC(C)(C)C)CC1. The molecule has 2 fully saturated rings. The Morgan fingerprint density at radius 3 is 2.32 bits per heavy atom. The summed E-state index contributed by atoms with van der Waals surface area (Å²) in [6.07, 6.45) is 6.76. The lowest BCUT2D eigenvalue weighted by molar-refractivity contribution is 0.0489. The Morgan fingerprint density at radius 2 is 1.73 bits per heavy atom. The monoisotopic (exact) mass is 328 g/mol. The summed E-state index contributed by atoms with van der Waals surface area (Å²) in [5, 5.41) is 7.60. The highest BCUT2D eigenvalue weighted by molar-refractivity contribution is 7.99. The van der Waals surface area contributed by atoms with Crippen molar-refractivity contribution in [2.75, 3.05) is 5.75 Å². The summed E-state index contributed by atoms with van der Waals surface area (Å²) in [5.41, 5.74) is -0.419. The second-order valence-corrected chi connectivity index (χ2v) is 9.17. The Hall–Kier alpha value is -0.420. The first-order valence-electron chi connectivity index (χ1n) is 8.70. The molecule has 2 unspecified atom stereocenters. The molecule has 4 nitrogen and oxygen atoms in total. The van der Waals surface area contributed by atoms with Crippen LogP contribution >= 0.6 is 11.8 Å². The number of thioether (sulfide) groups is 1. The van der Waals surface area contributed by atoms with Gasteiger partial charge in [-0.3, -0.25) is 0 Å². The second-order valence-electron chi connectivity index (χ2n) is 7.69. The number of ether oxygens (including phenoxy) is 1. The van der Waals surface area contributed by atoms with Gasteiger partial charge in [0.05, 0.1) is 0 Å². The Morgan fingerprint density at radius 1 is 1.09 bits per heavy atom. The Bertz CT molecular complexity index is 362. The zero-order chi connectivity index (χ0) is 16.2. The van der Waals surface area contributed by atoms with E-state index in [-0.39, 0.29) is 12.1 Å². The van der Waals surface area contributed by atoms with Crippen molar-refractivity contribution < 1.29 is 9.53 Å². The molecule has 2 atom stereocenters. The van der Waals surface area contributed by atoms with Crippen LogP contribution in [0.1, 0.15) is 66.2 Å². The molecule has 1 saturated heterocycles. The van der Waals surface area contributed by atoms with Gasteiger partial charge in [-0.25, -0.2) is 4.79 Å². The van der Waals surface area contributed by atoms with Gasteiger partial charge in [0.25, 0.3) is 0 Å². The van der Waals surface area contributed by atoms with Crippen LogP contribution in [-0.2, 0) is 4.74 Å². The zero-order valence-electron chi connectivity index (χ0n) is 14.5. The summed E-state index contributed by atoms with van der Waals surface area (Å²) in [6.45, 7) is 8.04. The lowest BCUT2D eigenvalue weighted by Crippen LogP contribution is -2.49. The molecule has 1 amide bonds. The summed E-state index contributed by atoms with van der Waals surface area (Å²) >= 11 is 2.09. The fourth-order valence-corrected chi connectivity index (χ4v) is 4.48. The Balaban J connectivity index is 1.68. The topological polar surface area (TPSA) is 50.4 Å². The van der Waals surface area contributed by atoms with Crippen molar-refractivity contribution >= 4 is 17.9 Å². The third kappa shape index (κ3) is 5.99. The number of alkyl carbamates (subject to hydrolysis) is 1. The molecular weight excluding hydrogens is 296 g/mol. The van der Waals surface area contributed by atoms with E-state index in [0.29, 0.717) is 12.1 Å². The number of rotatable bonds is 3. The average Bonchev–Trinajstić information content (AvgIpc) is 2.41. The summed E-state index contributed by atoms with van der Waals surface area (Å²) < 4.78 is 5.33. The fourth-order valence-electron chi connectivity index (χ4n) is 3.32. The smallest absolute Gasteiger partial charge is 0.407 e. The highest BCUT2D eigenvalue weighted by atomic mass is 32.2. The van der Waals surface area contributed by atoms with Crippen LogP contribution in [0.5, 0.6) is 0 Å². The first-order chi connectivity index (χ1) is 10.3. The number of nitrogens with one attached hydrogen (secondary N) is 2. The lowest BCUT2D eigenvalue weighted by Gasteiger charge is -2.36. The summed E-state index contributed by atoms with van der Waals surface area (Å²) in [4.78, 5) is 11.8. The standard InChI is InChI=1S/C17H32N2O2S/c1-12-15(6-5-11-22-12)18-13-7-9-14(10-8-13)19-16(20)21-17(2,3)4/h12-15,18H,5-11H2,1-4H3,(H,19,20). The van der Waals surface area contributed by atoms with Gasteiger partial charge in [0.1, 0.15) is 5.60 Å². The second kappa shape index (κ2) is 7.91. The van der Waals surface area contributed by atoms with Crippen molar-refractivity contribution in [1.82, 2.24) is 10.6 Å². The van der Waals surface area contributed by atoms with Gasteiger partial charge in [-0.15, -0.1) is 0 Å². The minimum Gasteiger partial charge on any atom is -0.444 e. The van der Waals surface area contributed by atoms with Crippen LogP contribution in [0.2, 0.25) is 0 Å². The van der Waals surface area contributed by atoms with E-state index in [4.69, 9.17) is 4.74 Å². The molecule has 22 heavy (non-hydrogen) atoms. The molecular formula is C17H32N2O2S. The maximum Gasteiger partial charge on any atom is 0.407 e. The third-order valence-electron chi connectivity index (χ3n) is 4.50. The quantitative estimate of drug-likeness (QED) is 0.829. The van der Waals surface area contributed by atoms with Crippen molar-refractivity contribution in [3.8, 4) is 0 Å². The van der Waals surface area contributed by atoms with E-state index in [0.717, 1.165) is 30.9 Å². The molecule has 1 heterocycles. The maximum atomic E-state index is 11.8. The number of amides is 1. The Kier molecular flexibility index (Phi) is 6.45. The predicted octanol–water partition coefficient (Wildman–Crippen LogP) is 3.70. The molecule has 128 valence electrons. The van der Waals surface area contributed by atoms with E-state index in [1.165, 1.54) is 18.6 Å². The minimum atomic E-state index is -0.419. The zero-order valence-corrected chi connectivity index (χ0v) is 15.3. The molecule has 0 aromatic rings. The molecule has 5 heteroatoms. The Labute approximate surface area is 139 Å². The van der Waals surface area contributed by atoms with Gasteiger partial charge in [0.15, 0.2) is 0 Å². The molecule has 0 radical (unpaired) electrons. The molecule has 2 N–H and O–H groups in total. The van der Waals surface area contributed by atoms with E-state index in [2.05, 4.69) is 29.3 Å². The van der Waals surface area contributed by atoms with Crippen LogP contribution in [0.25, 0.3) is 0 Å². The summed E-state index contributed by atoms with van der Waals surface area (Å²) in [6, 6.07) is 1.55. The van der Waals surface area contributed by atoms with Crippen LogP contribution in [0.4, 0.5) is 4.79 Å². The van der Waals surface area contributed by atoms with Gasteiger partial charge in [-0.1, -0.05) is 6.92 Å². The number of hydrogen-bond donors (Lipinski definition) is 2. The van der Waals surface area contributed by atoms with Crippen LogP contribution in [-0.4, -0.2) is 40.8 Å². The normalized spacial score (nSPS) is 33.3. The first kappa shape index (κ1) is 17.9. The largest absolute Gasteiger partial charge is 0.444 e. The fraction of sp³-hybridized carbons (Fsp3) is 0.941. The van der Waals surface area contributed by atoms with Crippen molar-refractivity contribution in [2.24, 2.45) is 0 Å². The van der Waals surface area contributed by atoms with Gasteiger partial charge in [0.2, 0.25) is 0 Å². The van der Waals surface area contributed by atoms with Gasteiger partial charge >= 0.3 is 6.09 Å². The van der Waals surface area contributed by atoms with E-state index >= 15 is 0 Å². The number of hydrogen-bond acceptors (Lipinski definition) is 4. The van der Waals surface area contributed by atoms with E-state index in [1.807, 2.05) is 20.8 Å². The summed E-state index contributed by atoms with van der Waals surface area (Å²) in [5.74, 6) is 1.31. The number of carbonyl (C=O) groups is 1. The van der Waals surface area contributed by atoms with Crippen molar-refractivity contribution in [1.29, 1.82) is 0 Å². The van der Waals surface area contributed by atoms with Gasteiger partial charge in [0, 0.05) is 23.4 Å². The molecule has 0 aromatic carbocycles. The molecule has 1 aliphatic heterocycles. The first-order valence-corrected chi connectivity index (χ1v) is 9.75. The minimum absolute atomic E-state index is 0.269. The van der Waals surface area contributed by atoms with Crippen molar-refractivity contribution in [3.05, 3.63) is 0 Å². The highest BCUT2D eigenvalue weighted by Gasteiger charge is 2.28. The summed E-state index contributed by atoms with van der Waals surface area (Å²) in [7, 11) is 0. The molecule has 0 spiro atoms. The highest BCUT2D eigenvalue weighted by Crippen LogP contribution is 2.27. The lowest BCUT2D eigenvalue weighted by atomic mass is 9.90. The van der Waals surface area contributed by atoms with Crippen LogP contribution < -0.4 is 10.6 Å². The number of carbonyl (C=O) groups excluding carboxylic acids is 1. The van der Waals surface area contributed by atoms with Crippen LogP contribution in [0.3, 0.4) is 0 Å². The van der Waals surface area contributed by atoms with E-state index in [1.54, 1.807) is 0 Å². The van der Waals surface area contributed by atoms with Crippen LogP contribution in [0.15, 0.2) is 0 Å². The molecule has 0 aromatic heterocycles. The van der Waals surface area contributed by atoms with E-state index < -0.39 is 5.60 Å². The van der Waals surface area contributed by atoms with Gasteiger partial charge in [-0.05, 0) is 65.0 Å². The van der Waals surface area contributed by atoms with E-state index in [9.17, 15) is 4.79 Å².